The highest BCUT2D eigenvalue weighted by atomic mass is 32.1. The van der Waals surface area contributed by atoms with Crippen LogP contribution in [0.15, 0.2) is 78.0 Å². The van der Waals surface area contributed by atoms with E-state index in [0.717, 1.165) is 35.7 Å². The number of ether oxygens (including phenoxy) is 2. The molecule has 0 radical (unpaired) electrons. The Labute approximate surface area is 192 Å². The van der Waals surface area contributed by atoms with Gasteiger partial charge in [0.1, 0.15) is 17.2 Å². The van der Waals surface area contributed by atoms with E-state index in [0.29, 0.717) is 23.0 Å². The highest BCUT2D eigenvalue weighted by Gasteiger charge is 2.25. The minimum Gasteiger partial charge on any atom is -0.732 e. The van der Waals surface area contributed by atoms with E-state index >= 15 is 0 Å². The summed E-state index contributed by atoms with van der Waals surface area (Å²) >= 11 is 5.74. The van der Waals surface area contributed by atoms with Crippen molar-refractivity contribution in [2.75, 3.05) is 19.0 Å². The number of hydrogen-bond donors (Lipinski definition) is 1. The van der Waals surface area contributed by atoms with Gasteiger partial charge in [-0.2, -0.15) is 4.40 Å². The Morgan fingerprint density at radius 1 is 1.03 bits per heavy atom. The quantitative estimate of drug-likeness (QED) is 0.244. The lowest BCUT2D eigenvalue weighted by atomic mass is 10.3. The highest BCUT2D eigenvalue weighted by Crippen LogP contribution is 2.22. The van der Waals surface area contributed by atoms with Crippen molar-refractivity contribution < 1.29 is 18.7 Å². The monoisotopic (exact) mass is 447 g/mol. The number of nitrogens with zero attached hydrogens (tertiary/aromatic N) is 2. The van der Waals surface area contributed by atoms with Crippen LogP contribution >= 0.6 is 0 Å². The number of methoxy groups -OCH3 is 1. The lowest BCUT2D eigenvalue weighted by Gasteiger charge is -2.09. The Balaban J connectivity index is 1.64. The molecule has 7 heteroatoms. The van der Waals surface area contributed by atoms with Crippen molar-refractivity contribution in [1.82, 2.24) is 4.57 Å². The summed E-state index contributed by atoms with van der Waals surface area (Å²) in [4.78, 5) is 13.2. The Bertz CT molecular complexity index is 1220. The largest absolute Gasteiger partial charge is 0.732 e. The third-order valence-corrected chi connectivity index (χ3v) is 5.51. The number of hydrogen-bond acceptors (Lipinski definition) is 4. The molecule has 0 spiro atoms. The number of nitrogens with one attached hydrogen (secondary N) is 1. The highest BCUT2D eigenvalue weighted by molar-refractivity contribution is 7.58. The number of imidazole rings is 1. The SMILES string of the molecule is CCCCOc1ccc(NC(=O)c2c([S-])n(-c3ccc(OC)cc3)c3cccc[n+]23)cc1. The van der Waals surface area contributed by atoms with E-state index in [1.807, 2.05) is 81.9 Å². The smallest absolute Gasteiger partial charge is 0.298 e. The molecule has 2 aromatic carbocycles. The van der Waals surface area contributed by atoms with Crippen molar-refractivity contribution in [3.8, 4) is 17.2 Å². The molecule has 2 heterocycles. The Hall–Kier alpha value is -3.58. The molecule has 4 aromatic rings. The lowest BCUT2D eigenvalue weighted by Crippen LogP contribution is -2.30. The van der Waals surface area contributed by atoms with Crippen LogP contribution in [0, 0.1) is 0 Å². The van der Waals surface area contributed by atoms with Crippen LogP contribution in [-0.2, 0) is 12.6 Å². The Morgan fingerprint density at radius 3 is 2.44 bits per heavy atom. The van der Waals surface area contributed by atoms with Gasteiger partial charge in [0, 0.05) is 16.8 Å². The molecule has 0 saturated heterocycles. The zero-order valence-electron chi connectivity index (χ0n) is 18.1. The number of anilines is 1. The van der Waals surface area contributed by atoms with Crippen LogP contribution < -0.4 is 19.2 Å². The number of rotatable bonds is 8. The number of carbonyl (C=O) groups is 1. The normalized spacial score (nSPS) is 10.8. The first-order chi connectivity index (χ1) is 15.6. The summed E-state index contributed by atoms with van der Waals surface area (Å²) in [5.41, 5.74) is 2.73. The summed E-state index contributed by atoms with van der Waals surface area (Å²) in [6, 6.07) is 20.7. The maximum Gasteiger partial charge on any atom is 0.298 e. The van der Waals surface area contributed by atoms with Gasteiger partial charge in [0.25, 0.3) is 11.6 Å². The zero-order valence-corrected chi connectivity index (χ0v) is 18.9. The standard InChI is InChI=1S/C25H25N3O3S/c1-3-4-17-31-21-12-8-18(9-13-21)26-24(29)23-25(32)28(22-7-5-6-16-27(22)23)19-10-14-20(30-2)15-11-19/h5-16H,3-4,17H2,1-2H3,(H-,26,29,32). The van der Waals surface area contributed by atoms with Gasteiger partial charge in [0.2, 0.25) is 5.69 Å². The first-order valence-electron chi connectivity index (χ1n) is 10.5. The predicted octanol–water partition coefficient (Wildman–Crippen LogP) is 4.56. The van der Waals surface area contributed by atoms with Gasteiger partial charge in [-0.1, -0.05) is 19.4 Å². The van der Waals surface area contributed by atoms with Crippen molar-refractivity contribution in [2.45, 2.75) is 24.8 Å². The number of amides is 1. The number of benzene rings is 2. The van der Waals surface area contributed by atoms with E-state index < -0.39 is 0 Å². The molecule has 32 heavy (non-hydrogen) atoms. The fourth-order valence-electron chi connectivity index (χ4n) is 3.46. The average molecular weight is 448 g/mol. The van der Waals surface area contributed by atoms with Crippen LogP contribution in [0.5, 0.6) is 11.5 Å². The molecular weight excluding hydrogens is 422 g/mol. The van der Waals surface area contributed by atoms with Gasteiger partial charge >= 0.3 is 0 Å². The zero-order chi connectivity index (χ0) is 22.5. The number of unbranched alkanes of at least 4 members (excludes halogenated alkanes) is 1. The van der Waals surface area contributed by atoms with Crippen LogP contribution in [0.25, 0.3) is 11.3 Å². The molecule has 164 valence electrons. The maximum absolute atomic E-state index is 13.2. The molecule has 0 aliphatic carbocycles. The molecule has 0 aliphatic rings. The fourth-order valence-corrected chi connectivity index (χ4v) is 3.85. The van der Waals surface area contributed by atoms with Gasteiger partial charge in [-0.25, -0.2) is 4.57 Å². The molecule has 0 atom stereocenters. The van der Waals surface area contributed by atoms with Gasteiger partial charge in [0.05, 0.1) is 19.9 Å². The Morgan fingerprint density at radius 2 is 1.75 bits per heavy atom. The van der Waals surface area contributed by atoms with Gasteiger partial charge in [0.15, 0.2) is 0 Å². The topological polar surface area (TPSA) is 56.6 Å². The summed E-state index contributed by atoms with van der Waals surface area (Å²) in [6.45, 7) is 2.81. The minimum atomic E-state index is -0.275. The van der Waals surface area contributed by atoms with E-state index in [1.54, 1.807) is 7.11 Å². The first kappa shape index (κ1) is 21.6. The average Bonchev–Trinajstić information content (AvgIpc) is 3.12. The van der Waals surface area contributed by atoms with E-state index in [-0.39, 0.29) is 5.91 Å². The van der Waals surface area contributed by atoms with Crippen LogP contribution in [-0.4, -0.2) is 24.2 Å². The number of pyridine rings is 1. The van der Waals surface area contributed by atoms with Crippen molar-refractivity contribution in [1.29, 1.82) is 0 Å². The first-order valence-corrected chi connectivity index (χ1v) is 10.9. The molecule has 0 saturated carbocycles. The Kier molecular flexibility index (Phi) is 6.56. The molecule has 0 fully saturated rings. The molecule has 4 rings (SSSR count). The van der Waals surface area contributed by atoms with Crippen molar-refractivity contribution in [3.05, 3.63) is 78.6 Å². The van der Waals surface area contributed by atoms with Crippen LogP contribution in [0.2, 0.25) is 0 Å². The fraction of sp³-hybridized carbons (Fsp3) is 0.200. The predicted molar refractivity (Wildman–Crippen MR) is 126 cm³/mol. The molecular formula is C25H25N3O3S. The van der Waals surface area contributed by atoms with E-state index in [1.165, 1.54) is 0 Å². The van der Waals surface area contributed by atoms with Gasteiger partial charge in [-0.15, -0.1) is 0 Å². The molecule has 6 nitrogen and oxygen atoms in total. The summed E-state index contributed by atoms with van der Waals surface area (Å²) in [5, 5.41) is 3.38. The van der Waals surface area contributed by atoms with E-state index in [2.05, 4.69) is 12.2 Å². The number of aromatic nitrogens is 2. The van der Waals surface area contributed by atoms with E-state index in [9.17, 15) is 4.79 Å². The van der Waals surface area contributed by atoms with Gasteiger partial charge < -0.3 is 27.4 Å². The van der Waals surface area contributed by atoms with E-state index in [4.69, 9.17) is 22.1 Å². The number of fused-ring (bicyclic) bond motifs is 1. The molecule has 0 unspecified atom stereocenters. The second-order valence-corrected chi connectivity index (χ2v) is 7.68. The molecule has 0 bridgehead atoms. The lowest BCUT2D eigenvalue weighted by molar-refractivity contribution is -0.514. The van der Waals surface area contributed by atoms with Crippen molar-refractivity contribution in [3.63, 3.8) is 0 Å². The maximum atomic E-state index is 13.2. The van der Waals surface area contributed by atoms with Crippen LogP contribution in [0.1, 0.15) is 30.3 Å². The summed E-state index contributed by atoms with van der Waals surface area (Å²) in [5.74, 6) is 1.26. The van der Waals surface area contributed by atoms with Crippen molar-refractivity contribution >= 4 is 29.9 Å². The second kappa shape index (κ2) is 9.70. The number of carbonyl (C=O) groups excluding carboxylic acids is 1. The summed E-state index contributed by atoms with van der Waals surface area (Å²) < 4.78 is 14.6. The molecule has 2 aromatic heterocycles. The van der Waals surface area contributed by atoms with Gasteiger partial charge in [-0.3, -0.25) is 4.79 Å². The van der Waals surface area contributed by atoms with Crippen LogP contribution in [0.3, 0.4) is 0 Å². The molecule has 1 amide bonds. The second-order valence-electron chi connectivity index (χ2n) is 7.30. The van der Waals surface area contributed by atoms with Crippen LogP contribution in [0.4, 0.5) is 5.69 Å². The third kappa shape index (κ3) is 4.38. The molecule has 1 N–H and O–H groups in total. The summed E-state index contributed by atoms with van der Waals surface area (Å²) in [7, 11) is 1.63. The minimum absolute atomic E-state index is 0.275. The van der Waals surface area contributed by atoms with Gasteiger partial charge in [-0.05, 0) is 61.0 Å². The van der Waals surface area contributed by atoms with Crippen molar-refractivity contribution in [2.24, 2.45) is 0 Å². The third-order valence-electron chi connectivity index (χ3n) is 5.14. The summed E-state index contributed by atoms with van der Waals surface area (Å²) in [6.07, 6.45) is 3.93. The molecule has 0 aliphatic heterocycles.